The molecule has 3 unspecified atom stereocenters. The lowest BCUT2D eigenvalue weighted by Crippen LogP contribution is -2.62. The molecule has 2 aromatic carbocycles. The molecule has 0 radical (unpaired) electrons. The van der Waals surface area contributed by atoms with Crippen LogP contribution in [0.5, 0.6) is 11.5 Å². The van der Waals surface area contributed by atoms with Crippen molar-refractivity contribution in [1.29, 1.82) is 0 Å². The van der Waals surface area contributed by atoms with E-state index >= 15 is 0 Å². The minimum absolute atomic E-state index is 0.0778. The van der Waals surface area contributed by atoms with Crippen LogP contribution in [0.2, 0.25) is 0 Å². The fourth-order valence-electron chi connectivity index (χ4n) is 5.42. The van der Waals surface area contributed by atoms with Gasteiger partial charge in [0.05, 0.1) is 13.7 Å². The Morgan fingerprint density at radius 1 is 1.14 bits per heavy atom. The number of nitrogens with zero attached hydrogens (tertiary/aromatic N) is 1. The van der Waals surface area contributed by atoms with E-state index in [1.807, 2.05) is 48.5 Å². The van der Waals surface area contributed by atoms with Gasteiger partial charge in [0, 0.05) is 24.2 Å². The second-order valence-corrected chi connectivity index (χ2v) is 9.92. The molecule has 1 fully saturated rings. The van der Waals surface area contributed by atoms with E-state index in [4.69, 9.17) is 14.2 Å². The lowest BCUT2D eigenvalue weighted by molar-refractivity contribution is -0.150. The Bertz CT molecular complexity index is 1160. The van der Waals surface area contributed by atoms with Gasteiger partial charge in [0.2, 0.25) is 12.0 Å². The van der Waals surface area contributed by atoms with Gasteiger partial charge in [0.15, 0.2) is 0 Å². The van der Waals surface area contributed by atoms with Crippen molar-refractivity contribution < 1.29 is 23.8 Å². The van der Waals surface area contributed by atoms with E-state index in [0.29, 0.717) is 18.0 Å². The van der Waals surface area contributed by atoms with Crippen LogP contribution >= 0.6 is 0 Å². The lowest BCUT2D eigenvalue weighted by atomic mass is 9.94. The Balaban J connectivity index is 1.41. The molecule has 36 heavy (non-hydrogen) atoms. The molecule has 7 nitrogen and oxygen atoms in total. The fourth-order valence-corrected chi connectivity index (χ4v) is 5.42. The molecule has 2 aromatic rings. The van der Waals surface area contributed by atoms with Crippen LogP contribution in [0.15, 0.2) is 60.2 Å². The quantitative estimate of drug-likeness (QED) is 0.585. The molecular weight excluding hydrogens is 456 g/mol. The minimum atomic E-state index is -1.18. The number of hydrogen-bond acceptors (Lipinski definition) is 5. The van der Waals surface area contributed by atoms with Gasteiger partial charge in [0.1, 0.15) is 23.1 Å². The SMILES string of the molecule is COc1ccccc1CNC(=O)C1(C)COC2c3ccccc3OC2C(=O)N1CCC1=CCCCC1. The molecule has 1 saturated heterocycles. The Labute approximate surface area is 212 Å². The summed E-state index contributed by atoms with van der Waals surface area (Å²) in [5, 5.41) is 3.04. The van der Waals surface area contributed by atoms with Gasteiger partial charge in [-0.15, -0.1) is 0 Å². The summed E-state index contributed by atoms with van der Waals surface area (Å²) in [6.45, 7) is 2.60. The molecule has 0 saturated carbocycles. The van der Waals surface area contributed by atoms with Gasteiger partial charge in [0.25, 0.3) is 5.91 Å². The summed E-state index contributed by atoms with van der Waals surface area (Å²) in [6, 6.07) is 15.2. The van der Waals surface area contributed by atoms with Crippen molar-refractivity contribution in [2.24, 2.45) is 0 Å². The molecule has 2 aliphatic heterocycles. The highest BCUT2D eigenvalue weighted by Gasteiger charge is 2.53. The molecule has 2 heterocycles. The summed E-state index contributed by atoms with van der Waals surface area (Å²) < 4.78 is 17.8. The number of ether oxygens (including phenoxy) is 3. The topological polar surface area (TPSA) is 77.1 Å². The number of carbonyl (C=O) groups is 2. The summed E-state index contributed by atoms with van der Waals surface area (Å²) in [4.78, 5) is 29.4. The maximum Gasteiger partial charge on any atom is 0.267 e. The molecule has 0 aromatic heterocycles. The van der Waals surface area contributed by atoms with Crippen molar-refractivity contribution in [3.05, 3.63) is 71.3 Å². The summed E-state index contributed by atoms with van der Waals surface area (Å²) in [6.07, 6.45) is 6.19. The summed E-state index contributed by atoms with van der Waals surface area (Å²) in [5.74, 6) is 0.907. The third kappa shape index (κ3) is 4.60. The highest BCUT2D eigenvalue weighted by Crippen LogP contribution is 2.43. The normalized spacial score (nSPS) is 25.2. The van der Waals surface area contributed by atoms with Gasteiger partial charge in [-0.2, -0.15) is 0 Å². The smallest absolute Gasteiger partial charge is 0.267 e. The number of allylic oxidation sites excluding steroid dienone is 1. The Morgan fingerprint density at radius 3 is 2.75 bits per heavy atom. The number of para-hydroxylation sites is 2. The Kier molecular flexibility index (Phi) is 7.01. The van der Waals surface area contributed by atoms with E-state index in [1.54, 1.807) is 18.9 Å². The molecule has 3 atom stereocenters. The molecule has 5 rings (SSSR count). The first-order valence-corrected chi connectivity index (χ1v) is 12.8. The predicted molar refractivity (Wildman–Crippen MR) is 136 cm³/mol. The third-order valence-corrected chi connectivity index (χ3v) is 7.57. The zero-order valence-electron chi connectivity index (χ0n) is 21.0. The van der Waals surface area contributed by atoms with Crippen molar-refractivity contribution >= 4 is 11.8 Å². The lowest BCUT2D eigenvalue weighted by Gasteiger charge is -2.39. The molecule has 1 N–H and O–H groups in total. The number of nitrogens with one attached hydrogen (secondary N) is 1. The average molecular weight is 491 g/mol. The van der Waals surface area contributed by atoms with E-state index in [-0.39, 0.29) is 25.0 Å². The first-order chi connectivity index (χ1) is 17.5. The van der Waals surface area contributed by atoms with E-state index in [9.17, 15) is 9.59 Å². The van der Waals surface area contributed by atoms with Crippen LogP contribution in [0.1, 0.15) is 56.3 Å². The number of carbonyl (C=O) groups excluding carboxylic acids is 2. The van der Waals surface area contributed by atoms with Crippen molar-refractivity contribution in [3.8, 4) is 11.5 Å². The van der Waals surface area contributed by atoms with Crippen LogP contribution < -0.4 is 14.8 Å². The summed E-state index contributed by atoms with van der Waals surface area (Å²) in [7, 11) is 1.61. The zero-order chi connectivity index (χ0) is 25.1. The Hall–Kier alpha value is -3.32. The molecule has 1 aliphatic carbocycles. The third-order valence-electron chi connectivity index (χ3n) is 7.57. The second-order valence-electron chi connectivity index (χ2n) is 9.92. The zero-order valence-corrected chi connectivity index (χ0v) is 21.0. The summed E-state index contributed by atoms with van der Waals surface area (Å²) in [5.41, 5.74) is 1.88. The number of amides is 2. The molecule has 3 aliphatic rings. The van der Waals surface area contributed by atoms with E-state index in [0.717, 1.165) is 30.4 Å². The minimum Gasteiger partial charge on any atom is -0.496 e. The van der Waals surface area contributed by atoms with Crippen molar-refractivity contribution in [3.63, 3.8) is 0 Å². The predicted octanol–water partition coefficient (Wildman–Crippen LogP) is 4.32. The molecule has 0 spiro atoms. The highest BCUT2D eigenvalue weighted by atomic mass is 16.6. The standard InChI is InChI=1S/C29H34N2O5/c1-29(28(33)30-18-21-12-6-8-14-23(21)34-2)19-35-25-22-13-7-9-15-24(22)36-26(25)27(32)31(29)17-16-20-10-4-3-5-11-20/h6-10,12-15,25-26H,3-5,11,16-19H2,1-2H3,(H,30,33). The average Bonchev–Trinajstić information content (AvgIpc) is 3.25. The summed E-state index contributed by atoms with van der Waals surface area (Å²) >= 11 is 0. The van der Waals surface area contributed by atoms with Crippen molar-refractivity contribution in [2.75, 3.05) is 20.3 Å². The van der Waals surface area contributed by atoms with Crippen LogP contribution in [0.25, 0.3) is 0 Å². The second kappa shape index (κ2) is 10.3. The number of fused-ring (bicyclic) bond motifs is 3. The largest absolute Gasteiger partial charge is 0.496 e. The van der Waals surface area contributed by atoms with Gasteiger partial charge in [-0.25, -0.2) is 0 Å². The van der Waals surface area contributed by atoms with Gasteiger partial charge in [-0.05, 0) is 51.2 Å². The van der Waals surface area contributed by atoms with Crippen molar-refractivity contribution in [1.82, 2.24) is 10.2 Å². The van der Waals surface area contributed by atoms with Crippen LogP contribution in [-0.4, -0.2) is 48.6 Å². The van der Waals surface area contributed by atoms with Crippen LogP contribution in [-0.2, 0) is 20.9 Å². The monoisotopic (exact) mass is 490 g/mol. The molecule has 190 valence electrons. The number of rotatable bonds is 7. The molecular formula is C29H34N2O5. The highest BCUT2D eigenvalue weighted by molar-refractivity contribution is 5.94. The molecule has 0 bridgehead atoms. The maximum atomic E-state index is 14.0. The number of hydrogen-bond donors (Lipinski definition) is 1. The van der Waals surface area contributed by atoms with E-state index in [1.165, 1.54) is 18.4 Å². The molecule has 7 heteroatoms. The van der Waals surface area contributed by atoms with Gasteiger partial charge in [-0.3, -0.25) is 9.59 Å². The van der Waals surface area contributed by atoms with Gasteiger partial charge in [-0.1, -0.05) is 48.0 Å². The van der Waals surface area contributed by atoms with Crippen LogP contribution in [0, 0.1) is 0 Å². The maximum absolute atomic E-state index is 14.0. The number of methoxy groups -OCH3 is 1. The van der Waals surface area contributed by atoms with Crippen molar-refractivity contribution in [2.45, 2.75) is 63.3 Å². The molecule has 2 amide bonds. The van der Waals surface area contributed by atoms with Gasteiger partial charge < -0.3 is 24.4 Å². The first kappa shape index (κ1) is 24.4. The van der Waals surface area contributed by atoms with E-state index in [2.05, 4.69) is 11.4 Å². The number of benzene rings is 2. The van der Waals surface area contributed by atoms with E-state index < -0.39 is 17.7 Å². The fraction of sp³-hybridized carbons (Fsp3) is 0.448. The van der Waals surface area contributed by atoms with Crippen LogP contribution in [0.4, 0.5) is 0 Å². The Morgan fingerprint density at radius 2 is 1.94 bits per heavy atom. The first-order valence-electron chi connectivity index (χ1n) is 12.8. The van der Waals surface area contributed by atoms with Crippen LogP contribution in [0.3, 0.4) is 0 Å². The van der Waals surface area contributed by atoms with Gasteiger partial charge >= 0.3 is 0 Å².